The number of methoxy groups -OCH3 is 2. The van der Waals surface area contributed by atoms with E-state index < -0.39 is 11.6 Å². The lowest BCUT2D eigenvalue weighted by Crippen LogP contribution is -2.16. The van der Waals surface area contributed by atoms with E-state index >= 15 is 0 Å². The number of benzene rings is 2. The number of amides is 1. The van der Waals surface area contributed by atoms with Crippen molar-refractivity contribution >= 4 is 17.1 Å². The van der Waals surface area contributed by atoms with E-state index in [4.69, 9.17) is 15.2 Å². The van der Waals surface area contributed by atoms with Crippen molar-refractivity contribution in [2.45, 2.75) is 0 Å². The number of nitrogens with zero attached hydrogens (tertiary/aromatic N) is 3. The molecule has 10 heteroatoms. The fourth-order valence-electron chi connectivity index (χ4n) is 3.13. The number of aromatic nitrogens is 4. The predicted molar refractivity (Wildman–Crippen MR) is 108 cm³/mol. The van der Waals surface area contributed by atoms with Gasteiger partial charge in [0.05, 0.1) is 19.9 Å². The monoisotopic (exact) mass is 407 g/mol. The van der Waals surface area contributed by atoms with Gasteiger partial charge in [-0.3, -0.25) is 4.79 Å². The van der Waals surface area contributed by atoms with E-state index in [0.717, 1.165) is 0 Å². The average Bonchev–Trinajstić information content (AvgIpc) is 3.07. The number of aromatic amines is 1. The van der Waals surface area contributed by atoms with Crippen molar-refractivity contribution < 1.29 is 19.4 Å². The highest BCUT2D eigenvalue weighted by Crippen LogP contribution is 2.30. The van der Waals surface area contributed by atoms with Gasteiger partial charge in [-0.15, -0.1) is 0 Å². The van der Waals surface area contributed by atoms with Crippen molar-refractivity contribution in [2.75, 3.05) is 14.2 Å². The summed E-state index contributed by atoms with van der Waals surface area (Å²) in [6.45, 7) is 0. The van der Waals surface area contributed by atoms with Crippen LogP contribution in [0.2, 0.25) is 0 Å². The number of phenols is 1. The molecular formula is C20H17N5O5. The van der Waals surface area contributed by atoms with Gasteiger partial charge in [-0.25, -0.2) is 19.3 Å². The molecule has 4 rings (SSSR count). The van der Waals surface area contributed by atoms with Gasteiger partial charge < -0.3 is 25.3 Å². The normalized spacial score (nSPS) is 10.9. The Bertz CT molecular complexity index is 1340. The quantitative estimate of drug-likeness (QED) is 0.455. The maximum atomic E-state index is 12.8. The van der Waals surface area contributed by atoms with Gasteiger partial charge >= 0.3 is 5.69 Å². The number of carbonyl (C=O) groups excluding carboxylic acids is 1. The SMILES string of the molecule is COc1ccc(-n2c(=O)[nH]c3c(C(N)=O)nc(-c4cccc(O)c4)nc32)c(OC)c1. The number of primary amides is 1. The molecule has 1 amide bonds. The Kier molecular flexibility index (Phi) is 4.59. The molecular weight excluding hydrogens is 390 g/mol. The summed E-state index contributed by atoms with van der Waals surface area (Å²) in [5.74, 6) is 0.179. The highest BCUT2D eigenvalue weighted by Gasteiger charge is 2.22. The van der Waals surface area contributed by atoms with Gasteiger partial charge in [0.15, 0.2) is 17.2 Å². The van der Waals surface area contributed by atoms with Gasteiger partial charge in [0.25, 0.3) is 5.91 Å². The fourth-order valence-corrected chi connectivity index (χ4v) is 3.13. The highest BCUT2D eigenvalue weighted by molar-refractivity contribution is 6.02. The molecule has 30 heavy (non-hydrogen) atoms. The summed E-state index contributed by atoms with van der Waals surface area (Å²) in [6, 6.07) is 11.1. The van der Waals surface area contributed by atoms with Gasteiger partial charge in [-0.2, -0.15) is 0 Å². The molecule has 0 aliphatic carbocycles. The minimum atomic E-state index is -0.834. The highest BCUT2D eigenvalue weighted by atomic mass is 16.5. The second kappa shape index (κ2) is 7.24. The maximum Gasteiger partial charge on any atom is 0.332 e. The molecule has 0 saturated carbocycles. The number of rotatable bonds is 5. The van der Waals surface area contributed by atoms with Crippen LogP contribution in [-0.4, -0.2) is 44.8 Å². The molecule has 0 aliphatic heterocycles. The van der Waals surface area contributed by atoms with Crippen LogP contribution >= 0.6 is 0 Å². The van der Waals surface area contributed by atoms with E-state index in [-0.39, 0.29) is 28.4 Å². The molecule has 2 aromatic heterocycles. The number of nitrogens with one attached hydrogen (secondary N) is 1. The lowest BCUT2D eigenvalue weighted by Gasteiger charge is -2.11. The summed E-state index contributed by atoms with van der Waals surface area (Å²) in [7, 11) is 2.97. The summed E-state index contributed by atoms with van der Waals surface area (Å²) in [6.07, 6.45) is 0. The largest absolute Gasteiger partial charge is 0.508 e. The van der Waals surface area contributed by atoms with Crippen LogP contribution in [0.3, 0.4) is 0 Å². The first-order chi connectivity index (χ1) is 14.4. The molecule has 0 aliphatic rings. The van der Waals surface area contributed by atoms with Crippen molar-refractivity contribution in [3.05, 3.63) is 58.6 Å². The third kappa shape index (κ3) is 3.09. The summed E-state index contributed by atoms with van der Waals surface area (Å²) in [5, 5.41) is 9.78. The third-order valence-corrected chi connectivity index (χ3v) is 4.50. The van der Waals surface area contributed by atoms with Crippen molar-refractivity contribution in [1.82, 2.24) is 19.5 Å². The molecule has 0 saturated heterocycles. The van der Waals surface area contributed by atoms with Crippen molar-refractivity contribution in [3.8, 4) is 34.3 Å². The molecule has 0 bridgehead atoms. The molecule has 0 radical (unpaired) electrons. The van der Waals surface area contributed by atoms with Gasteiger partial charge in [-0.05, 0) is 24.3 Å². The maximum absolute atomic E-state index is 12.8. The summed E-state index contributed by atoms with van der Waals surface area (Å²) < 4.78 is 11.9. The van der Waals surface area contributed by atoms with Gasteiger partial charge in [0.1, 0.15) is 22.8 Å². The number of nitrogens with two attached hydrogens (primary N) is 1. The van der Waals surface area contributed by atoms with Crippen LogP contribution in [0.25, 0.3) is 28.2 Å². The molecule has 0 spiro atoms. The number of carbonyl (C=O) groups is 1. The van der Waals surface area contributed by atoms with Crippen LogP contribution < -0.4 is 20.9 Å². The van der Waals surface area contributed by atoms with Crippen LogP contribution in [0.5, 0.6) is 17.2 Å². The van der Waals surface area contributed by atoms with Gasteiger partial charge in [0.2, 0.25) is 0 Å². The summed E-state index contributed by atoms with van der Waals surface area (Å²) in [5.41, 5.74) is 5.84. The molecule has 2 aromatic carbocycles. The first-order valence-corrected chi connectivity index (χ1v) is 8.77. The third-order valence-electron chi connectivity index (χ3n) is 4.50. The Hall–Kier alpha value is -4.34. The van der Waals surface area contributed by atoms with Crippen LogP contribution in [-0.2, 0) is 0 Å². The van der Waals surface area contributed by atoms with Gasteiger partial charge in [0, 0.05) is 11.6 Å². The van der Waals surface area contributed by atoms with E-state index in [9.17, 15) is 14.7 Å². The summed E-state index contributed by atoms with van der Waals surface area (Å²) in [4.78, 5) is 36.1. The van der Waals surface area contributed by atoms with E-state index in [2.05, 4.69) is 15.0 Å². The molecule has 10 nitrogen and oxygen atoms in total. The first-order valence-electron chi connectivity index (χ1n) is 8.77. The molecule has 0 atom stereocenters. The molecule has 4 aromatic rings. The number of hydrogen-bond donors (Lipinski definition) is 3. The molecule has 0 unspecified atom stereocenters. The lowest BCUT2D eigenvalue weighted by atomic mass is 10.2. The van der Waals surface area contributed by atoms with E-state index in [0.29, 0.717) is 22.7 Å². The van der Waals surface area contributed by atoms with E-state index in [1.54, 1.807) is 30.3 Å². The number of H-pyrrole nitrogens is 1. The zero-order valence-electron chi connectivity index (χ0n) is 16.0. The number of hydrogen-bond acceptors (Lipinski definition) is 7. The lowest BCUT2D eigenvalue weighted by molar-refractivity contribution is 0.0997. The zero-order chi connectivity index (χ0) is 21.4. The second-order valence-corrected chi connectivity index (χ2v) is 6.31. The molecule has 4 N–H and O–H groups in total. The van der Waals surface area contributed by atoms with Gasteiger partial charge in [-0.1, -0.05) is 12.1 Å². The molecule has 2 heterocycles. The van der Waals surface area contributed by atoms with E-state index in [1.807, 2.05) is 0 Å². The molecule has 0 fully saturated rings. The predicted octanol–water partition coefficient (Wildman–Crippen LogP) is 1.60. The average molecular weight is 407 g/mol. The topological polar surface area (TPSA) is 145 Å². The Morgan fingerprint density at radius 3 is 2.60 bits per heavy atom. The van der Waals surface area contributed by atoms with Crippen molar-refractivity contribution in [2.24, 2.45) is 5.73 Å². The number of fused-ring (bicyclic) bond motifs is 1. The standard InChI is InChI=1S/C20H17N5O5/c1-29-12-6-7-13(14(9-12)30-2)25-19-16(23-20(25)28)15(17(21)27)22-18(24-19)10-4-3-5-11(26)8-10/h3-9,26H,1-2H3,(H2,21,27)(H,23,28). The second-order valence-electron chi connectivity index (χ2n) is 6.31. The Balaban J connectivity index is 2.06. The minimum Gasteiger partial charge on any atom is -0.508 e. The smallest absolute Gasteiger partial charge is 0.332 e. The van der Waals surface area contributed by atoms with Crippen LogP contribution in [0.4, 0.5) is 0 Å². The Morgan fingerprint density at radius 1 is 1.13 bits per heavy atom. The van der Waals surface area contributed by atoms with Crippen LogP contribution in [0.1, 0.15) is 10.5 Å². The number of aromatic hydroxyl groups is 1. The first kappa shape index (κ1) is 19.0. The zero-order valence-corrected chi connectivity index (χ0v) is 16.0. The minimum absolute atomic E-state index is 0.0000969. The molecule has 152 valence electrons. The van der Waals surface area contributed by atoms with Crippen LogP contribution in [0, 0.1) is 0 Å². The van der Waals surface area contributed by atoms with Crippen molar-refractivity contribution in [1.29, 1.82) is 0 Å². The fraction of sp³-hybridized carbons (Fsp3) is 0.100. The summed E-state index contributed by atoms with van der Waals surface area (Å²) >= 11 is 0. The van der Waals surface area contributed by atoms with Crippen molar-refractivity contribution in [3.63, 3.8) is 0 Å². The number of ether oxygens (including phenoxy) is 2. The number of imidazole rings is 1. The van der Waals surface area contributed by atoms with Crippen LogP contribution in [0.15, 0.2) is 47.3 Å². The Morgan fingerprint density at radius 2 is 1.93 bits per heavy atom. The number of phenolic OH excluding ortho intramolecular Hbond substituents is 1. The Labute approximate surface area is 169 Å². The van der Waals surface area contributed by atoms with E-state index in [1.165, 1.54) is 30.9 Å².